The van der Waals surface area contributed by atoms with E-state index in [0.717, 1.165) is 6.42 Å². The fraction of sp³-hybridized carbons (Fsp3) is 0.533. The summed E-state index contributed by atoms with van der Waals surface area (Å²) in [6.45, 7) is 5.78. The molecule has 0 aliphatic rings. The van der Waals surface area contributed by atoms with Gasteiger partial charge in [-0.15, -0.1) is 0 Å². The average molecular weight is 300 g/mol. The Bertz CT molecular complexity index is 412. The number of nitrogens with one attached hydrogen (secondary N) is 1. The normalized spacial score (nSPS) is 11.9. The summed E-state index contributed by atoms with van der Waals surface area (Å²) in [4.78, 5) is 12.0. The molecule has 1 N–H and O–H groups in total. The lowest BCUT2D eigenvalue weighted by Crippen LogP contribution is -2.38. The molecule has 0 radical (unpaired) electrons. The van der Waals surface area contributed by atoms with Crippen LogP contribution < -0.4 is 10.1 Å². The third-order valence-electron chi connectivity index (χ3n) is 2.74. The SMILES string of the molecule is CCOCCCNC(=O)[C@H](CC)Oc1ccccc1Cl. The Balaban J connectivity index is 2.41. The van der Waals surface area contributed by atoms with Gasteiger partial charge in [-0.2, -0.15) is 0 Å². The van der Waals surface area contributed by atoms with Crippen molar-refractivity contribution in [2.75, 3.05) is 19.8 Å². The second kappa shape index (κ2) is 9.61. The Morgan fingerprint density at radius 1 is 1.35 bits per heavy atom. The van der Waals surface area contributed by atoms with Gasteiger partial charge in [0.25, 0.3) is 5.91 Å². The maximum Gasteiger partial charge on any atom is 0.261 e. The molecule has 0 aliphatic carbocycles. The molecule has 0 saturated carbocycles. The highest BCUT2D eigenvalue weighted by atomic mass is 35.5. The standard InChI is InChI=1S/C15H22ClNO3/c1-3-13(15(18)17-10-7-11-19-4-2)20-14-9-6-5-8-12(14)16/h5-6,8-9,13H,3-4,7,10-11H2,1-2H3,(H,17,18)/t13-/m0/s1. The minimum Gasteiger partial charge on any atom is -0.479 e. The molecule has 1 aromatic rings. The fourth-order valence-electron chi connectivity index (χ4n) is 1.66. The van der Waals surface area contributed by atoms with E-state index < -0.39 is 6.10 Å². The van der Waals surface area contributed by atoms with Gasteiger partial charge in [0.05, 0.1) is 5.02 Å². The van der Waals surface area contributed by atoms with Crippen LogP contribution in [0.4, 0.5) is 0 Å². The van der Waals surface area contributed by atoms with Crippen molar-refractivity contribution in [3.63, 3.8) is 0 Å². The number of benzene rings is 1. The van der Waals surface area contributed by atoms with E-state index in [1.807, 2.05) is 26.0 Å². The molecule has 4 nitrogen and oxygen atoms in total. The number of carbonyl (C=O) groups is 1. The van der Waals surface area contributed by atoms with Crippen molar-refractivity contribution in [2.24, 2.45) is 0 Å². The quantitative estimate of drug-likeness (QED) is 0.713. The number of halogens is 1. The molecule has 112 valence electrons. The van der Waals surface area contributed by atoms with E-state index in [4.69, 9.17) is 21.1 Å². The predicted octanol–water partition coefficient (Wildman–Crippen LogP) is 3.04. The van der Waals surface area contributed by atoms with Gasteiger partial charge in [-0.25, -0.2) is 0 Å². The van der Waals surface area contributed by atoms with Gasteiger partial charge in [0, 0.05) is 19.8 Å². The van der Waals surface area contributed by atoms with Crippen LogP contribution in [0.2, 0.25) is 5.02 Å². The van der Waals surface area contributed by atoms with Crippen LogP contribution in [0.5, 0.6) is 5.75 Å². The Morgan fingerprint density at radius 3 is 2.75 bits per heavy atom. The van der Waals surface area contributed by atoms with Crippen molar-refractivity contribution in [3.8, 4) is 5.75 Å². The van der Waals surface area contributed by atoms with Crippen molar-refractivity contribution in [1.29, 1.82) is 0 Å². The Hall–Kier alpha value is -1.26. The smallest absolute Gasteiger partial charge is 0.261 e. The highest BCUT2D eigenvalue weighted by Gasteiger charge is 2.18. The van der Waals surface area contributed by atoms with Crippen LogP contribution in [0.1, 0.15) is 26.7 Å². The van der Waals surface area contributed by atoms with E-state index in [1.165, 1.54) is 0 Å². The molecule has 0 spiro atoms. The second-order valence-electron chi connectivity index (χ2n) is 4.29. The fourth-order valence-corrected chi connectivity index (χ4v) is 1.84. The van der Waals surface area contributed by atoms with Crippen LogP contribution in [0.3, 0.4) is 0 Å². The summed E-state index contributed by atoms with van der Waals surface area (Å²) in [6, 6.07) is 7.15. The molecule has 1 atom stereocenters. The molecule has 0 fully saturated rings. The minimum atomic E-state index is -0.526. The number of amides is 1. The van der Waals surface area contributed by atoms with Crippen molar-refractivity contribution >= 4 is 17.5 Å². The maximum absolute atomic E-state index is 12.0. The van der Waals surface area contributed by atoms with Gasteiger partial charge in [0.1, 0.15) is 5.75 Å². The van der Waals surface area contributed by atoms with Crippen molar-refractivity contribution < 1.29 is 14.3 Å². The summed E-state index contributed by atoms with van der Waals surface area (Å²) >= 11 is 6.02. The summed E-state index contributed by atoms with van der Waals surface area (Å²) in [5.74, 6) is 0.411. The van der Waals surface area contributed by atoms with Crippen LogP contribution >= 0.6 is 11.6 Å². The van der Waals surface area contributed by atoms with Crippen molar-refractivity contribution in [1.82, 2.24) is 5.32 Å². The molecule has 1 aromatic carbocycles. The number of para-hydroxylation sites is 1. The minimum absolute atomic E-state index is 0.121. The Labute approximate surface area is 125 Å². The van der Waals surface area contributed by atoms with Gasteiger partial charge < -0.3 is 14.8 Å². The van der Waals surface area contributed by atoms with Crippen LogP contribution in [0.15, 0.2) is 24.3 Å². The molecule has 20 heavy (non-hydrogen) atoms. The van der Waals surface area contributed by atoms with E-state index >= 15 is 0 Å². The summed E-state index contributed by atoms with van der Waals surface area (Å²) < 4.78 is 10.9. The summed E-state index contributed by atoms with van der Waals surface area (Å²) in [7, 11) is 0. The molecule has 0 saturated heterocycles. The highest BCUT2D eigenvalue weighted by Crippen LogP contribution is 2.24. The zero-order valence-corrected chi connectivity index (χ0v) is 12.8. The summed E-state index contributed by atoms with van der Waals surface area (Å²) in [6.07, 6.45) is 0.854. The molecule has 1 rings (SSSR count). The maximum atomic E-state index is 12.0. The number of rotatable bonds is 9. The molecule has 0 unspecified atom stereocenters. The van der Waals surface area contributed by atoms with Crippen LogP contribution in [0.25, 0.3) is 0 Å². The van der Waals surface area contributed by atoms with E-state index in [1.54, 1.807) is 12.1 Å². The number of hydrogen-bond donors (Lipinski definition) is 1. The topological polar surface area (TPSA) is 47.6 Å². The third-order valence-corrected chi connectivity index (χ3v) is 3.05. The Morgan fingerprint density at radius 2 is 2.10 bits per heavy atom. The van der Waals surface area contributed by atoms with Gasteiger partial charge in [-0.1, -0.05) is 30.7 Å². The molecule has 1 amide bonds. The lowest BCUT2D eigenvalue weighted by atomic mass is 10.2. The largest absolute Gasteiger partial charge is 0.479 e. The molecule has 0 aromatic heterocycles. The zero-order chi connectivity index (χ0) is 14.8. The third kappa shape index (κ3) is 5.80. The van der Waals surface area contributed by atoms with Gasteiger partial charge in [-0.3, -0.25) is 4.79 Å². The van der Waals surface area contributed by atoms with E-state index in [9.17, 15) is 4.79 Å². The average Bonchev–Trinajstić information content (AvgIpc) is 2.46. The molecule has 5 heteroatoms. The lowest BCUT2D eigenvalue weighted by molar-refractivity contribution is -0.128. The summed E-state index contributed by atoms with van der Waals surface area (Å²) in [5.41, 5.74) is 0. The van der Waals surface area contributed by atoms with Gasteiger partial charge >= 0.3 is 0 Å². The van der Waals surface area contributed by atoms with Gasteiger partial charge in [0.15, 0.2) is 6.10 Å². The number of hydrogen-bond acceptors (Lipinski definition) is 3. The molecule has 0 bridgehead atoms. The van der Waals surface area contributed by atoms with E-state index in [0.29, 0.717) is 37.0 Å². The second-order valence-corrected chi connectivity index (χ2v) is 4.69. The van der Waals surface area contributed by atoms with E-state index in [2.05, 4.69) is 5.32 Å². The van der Waals surface area contributed by atoms with Crippen LogP contribution in [-0.2, 0) is 9.53 Å². The van der Waals surface area contributed by atoms with Gasteiger partial charge in [-0.05, 0) is 31.9 Å². The molecule has 0 aliphatic heterocycles. The first-order valence-corrected chi connectivity index (χ1v) is 7.33. The van der Waals surface area contributed by atoms with E-state index in [-0.39, 0.29) is 5.91 Å². The van der Waals surface area contributed by atoms with Gasteiger partial charge in [0.2, 0.25) is 0 Å². The highest BCUT2D eigenvalue weighted by molar-refractivity contribution is 6.32. The van der Waals surface area contributed by atoms with Crippen molar-refractivity contribution in [2.45, 2.75) is 32.8 Å². The first-order valence-electron chi connectivity index (χ1n) is 6.95. The monoisotopic (exact) mass is 299 g/mol. The predicted molar refractivity (Wildman–Crippen MR) is 80.3 cm³/mol. The zero-order valence-electron chi connectivity index (χ0n) is 12.0. The number of ether oxygens (including phenoxy) is 2. The van der Waals surface area contributed by atoms with Crippen LogP contribution in [-0.4, -0.2) is 31.8 Å². The number of carbonyl (C=O) groups excluding carboxylic acids is 1. The first kappa shape index (κ1) is 16.8. The van der Waals surface area contributed by atoms with Crippen molar-refractivity contribution in [3.05, 3.63) is 29.3 Å². The Kier molecular flexibility index (Phi) is 8.07. The first-order chi connectivity index (χ1) is 9.69. The molecular weight excluding hydrogens is 278 g/mol. The summed E-state index contributed by atoms with van der Waals surface area (Å²) in [5, 5.41) is 3.35. The molecular formula is C15H22ClNO3. The molecule has 0 heterocycles. The van der Waals surface area contributed by atoms with Crippen LogP contribution in [0, 0.1) is 0 Å². The lowest BCUT2D eigenvalue weighted by Gasteiger charge is -2.18.